The lowest BCUT2D eigenvalue weighted by Gasteiger charge is -2.07. The summed E-state index contributed by atoms with van der Waals surface area (Å²) in [6.45, 7) is 1.96. The van der Waals surface area contributed by atoms with Crippen LogP contribution < -0.4 is 0 Å². The molecule has 0 aliphatic heterocycles. The molecule has 0 heterocycles. The minimum atomic E-state index is -0.788. The van der Waals surface area contributed by atoms with Crippen molar-refractivity contribution in [2.75, 3.05) is 0 Å². The number of rotatable bonds is 4. The van der Waals surface area contributed by atoms with Crippen LogP contribution in [-0.4, -0.2) is 16.9 Å². The van der Waals surface area contributed by atoms with E-state index < -0.39 is 11.9 Å². The SMILES string of the molecule is CCCC(=O)c1ccc2c(c1)C(C(=O)O)CC2. The van der Waals surface area contributed by atoms with E-state index in [1.165, 1.54) is 0 Å². The Labute approximate surface area is 100 Å². The molecule has 17 heavy (non-hydrogen) atoms. The lowest BCUT2D eigenvalue weighted by atomic mass is 9.97. The van der Waals surface area contributed by atoms with Gasteiger partial charge in [0.1, 0.15) is 0 Å². The summed E-state index contributed by atoms with van der Waals surface area (Å²) >= 11 is 0. The van der Waals surface area contributed by atoms with E-state index in [2.05, 4.69) is 0 Å². The zero-order valence-corrected chi connectivity index (χ0v) is 9.90. The van der Waals surface area contributed by atoms with Crippen molar-refractivity contribution < 1.29 is 14.7 Å². The normalized spacial score (nSPS) is 17.8. The van der Waals surface area contributed by atoms with Crippen LogP contribution in [0.5, 0.6) is 0 Å². The highest BCUT2D eigenvalue weighted by Gasteiger charge is 2.28. The number of aryl methyl sites for hydroxylation is 1. The largest absolute Gasteiger partial charge is 0.481 e. The number of ketones is 1. The molecule has 1 unspecified atom stereocenters. The minimum Gasteiger partial charge on any atom is -0.481 e. The first kappa shape index (κ1) is 11.8. The van der Waals surface area contributed by atoms with Crippen LogP contribution in [0.15, 0.2) is 18.2 Å². The van der Waals surface area contributed by atoms with Crippen LogP contribution in [0.3, 0.4) is 0 Å². The van der Waals surface area contributed by atoms with E-state index in [-0.39, 0.29) is 5.78 Å². The third kappa shape index (κ3) is 2.23. The number of carbonyl (C=O) groups excluding carboxylic acids is 1. The molecular weight excluding hydrogens is 216 g/mol. The Morgan fingerprint density at radius 3 is 2.82 bits per heavy atom. The Morgan fingerprint density at radius 1 is 1.41 bits per heavy atom. The van der Waals surface area contributed by atoms with E-state index >= 15 is 0 Å². The van der Waals surface area contributed by atoms with E-state index in [1.807, 2.05) is 19.1 Å². The fourth-order valence-electron chi connectivity index (χ4n) is 2.40. The van der Waals surface area contributed by atoms with Gasteiger partial charge in [0.25, 0.3) is 0 Å². The quantitative estimate of drug-likeness (QED) is 0.812. The van der Waals surface area contributed by atoms with Crippen molar-refractivity contribution in [1.29, 1.82) is 0 Å². The van der Waals surface area contributed by atoms with Crippen molar-refractivity contribution in [1.82, 2.24) is 0 Å². The zero-order chi connectivity index (χ0) is 12.4. The van der Waals surface area contributed by atoms with Gasteiger partial charge in [-0.1, -0.05) is 19.1 Å². The number of carbonyl (C=O) groups is 2. The van der Waals surface area contributed by atoms with E-state index in [9.17, 15) is 9.59 Å². The van der Waals surface area contributed by atoms with Crippen LogP contribution in [0.2, 0.25) is 0 Å². The molecule has 90 valence electrons. The molecule has 2 rings (SSSR count). The summed E-state index contributed by atoms with van der Waals surface area (Å²) in [6, 6.07) is 5.50. The topological polar surface area (TPSA) is 54.4 Å². The smallest absolute Gasteiger partial charge is 0.310 e. The number of fused-ring (bicyclic) bond motifs is 1. The maximum Gasteiger partial charge on any atom is 0.310 e. The molecule has 1 atom stereocenters. The average Bonchev–Trinajstić information content (AvgIpc) is 2.71. The van der Waals surface area contributed by atoms with E-state index in [4.69, 9.17) is 5.11 Å². The zero-order valence-electron chi connectivity index (χ0n) is 9.90. The second-order valence-electron chi connectivity index (χ2n) is 4.52. The predicted octanol–water partition coefficient (Wildman–Crippen LogP) is 2.78. The molecule has 0 spiro atoms. The van der Waals surface area contributed by atoms with Gasteiger partial charge in [-0.25, -0.2) is 0 Å². The van der Waals surface area contributed by atoms with Crippen molar-refractivity contribution in [3.05, 3.63) is 34.9 Å². The molecule has 0 fully saturated rings. The Morgan fingerprint density at radius 2 is 2.18 bits per heavy atom. The van der Waals surface area contributed by atoms with E-state index in [0.29, 0.717) is 18.4 Å². The lowest BCUT2D eigenvalue weighted by Crippen LogP contribution is -2.09. The molecule has 1 aliphatic carbocycles. The Bertz CT molecular complexity index is 463. The van der Waals surface area contributed by atoms with Crippen molar-refractivity contribution in [2.45, 2.75) is 38.5 Å². The van der Waals surface area contributed by atoms with Crippen LogP contribution in [0, 0.1) is 0 Å². The number of Topliss-reactive ketones (excluding diaryl/α,β-unsaturated/α-hetero) is 1. The second-order valence-corrected chi connectivity index (χ2v) is 4.52. The summed E-state index contributed by atoms with van der Waals surface area (Å²) in [5.41, 5.74) is 2.56. The summed E-state index contributed by atoms with van der Waals surface area (Å²) in [5, 5.41) is 9.11. The van der Waals surface area contributed by atoms with Gasteiger partial charge in [0.15, 0.2) is 5.78 Å². The predicted molar refractivity (Wildman–Crippen MR) is 64.4 cm³/mol. The summed E-state index contributed by atoms with van der Waals surface area (Å²) in [5.74, 6) is -1.12. The number of aliphatic carboxylic acids is 1. The van der Waals surface area contributed by atoms with Gasteiger partial charge >= 0.3 is 5.97 Å². The third-order valence-corrected chi connectivity index (χ3v) is 3.32. The van der Waals surface area contributed by atoms with Gasteiger partial charge < -0.3 is 5.11 Å². The highest BCUT2D eigenvalue weighted by atomic mass is 16.4. The summed E-state index contributed by atoms with van der Waals surface area (Å²) < 4.78 is 0. The van der Waals surface area contributed by atoms with Crippen LogP contribution in [0.4, 0.5) is 0 Å². The van der Waals surface area contributed by atoms with Gasteiger partial charge in [-0.3, -0.25) is 9.59 Å². The standard InChI is InChI=1S/C14H16O3/c1-2-3-13(15)10-5-4-9-6-7-11(14(16)17)12(9)8-10/h4-5,8,11H,2-3,6-7H2,1H3,(H,16,17). The molecule has 0 radical (unpaired) electrons. The molecule has 1 aliphatic rings. The first-order valence-electron chi connectivity index (χ1n) is 6.02. The molecule has 1 N–H and O–H groups in total. The Kier molecular flexibility index (Phi) is 3.27. The first-order chi connectivity index (χ1) is 8.13. The molecule has 0 saturated carbocycles. The van der Waals surface area contributed by atoms with Gasteiger partial charge in [-0.2, -0.15) is 0 Å². The number of hydrogen-bond donors (Lipinski definition) is 1. The molecule has 3 heteroatoms. The van der Waals surface area contributed by atoms with E-state index in [0.717, 1.165) is 24.0 Å². The fraction of sp³-hybridized carbons (Fsp3) is 0.429. The minimum absolute atomic E-state index is 0.103. The highest BCUT2D eigenvalue weighted by molar-refractivity contribution is 5.96. The highest BCUT2D eigenvalue weighted by Crippen LogP contribution is 2.34. The Hall–Kier alpha value is -1.64. The van der Waals surface area contributed by atoms with Crippen molar-refractivity contribution >= 4 is 11.8 Å². The lowest BCUT2D eigenvalue weighted by molar-refractivity contribution is -0.138. The monoisotopic (exact) mass is 232 g/mol. The van der Waals surface area contributed by atoms with Crippen LogP contribution >= 0.6 is 0 Å². The van der Waals surface area contributed by atoms with Gasteiger partial charge in [0.05, 0.1) is 5.92 Å². The van der Waals surface area contributed by atoms with Gasteiger partial charge in [0, 0.05) is 12.0 Å². The molecule has 1 aromatic carbocycles. The average molecular weight is 232 g/mol. The molecule has 0 amide bonds. The number of carboxylic acids is 1. The molecule has 0 bridgehead atoms. The molecule has 0 saturated heterocycles. The fourth-order valence-corrected chi connectivity index (χ4v) is 2.40. The molecule has 0 aromatic heterocycles. The maximum absolute atomic E-state index is 11.8. The van der Waals surface area contributed by atoms with Gasteiger partial charge in [0.2, 0.25) is 0 Å². The Balaban J connectivity index is 2.33. The van der Waals surface area contributed by atoms with Crippen LogP contribution in [0.1, 0.15) is 53.6 Å². The second kappa shape index (κ2) is 4.70. The number of benzene rings is 1. The molecule has 1 aromatic rings. The number of carboxylic acid groups (broad SMARTS) is 1. The third-order valence-electron chi connectivity index (χ3n) is 3.32. The summed E-state index contributed by atoms with van der Waals surface area (Å²) in [6.07, 6.45) is 2.79. The number of hydrogen-bond acceptors (Lipinski definition) is 2. The van der Waals surface area contributed by atoms with Crippen molar-refractivity contribution in [2.24, 2.45) is 0 Å². The van der Waals surface area contributed by atoms with Crippen LogP contribution in [0.25, 0.3) is 0 Å². The van der Waals surface area contributed by atoms with E-state index in [1.54, 1.807) is 6.07 Å². The molecule has 3 nitrogen and oxygen atoms in total. The van der Waals surface area contributed by atoms with Crippen molar-refractivity contribution in [3.8, 4) is 0 Å². The molecular formula is C14H16O3. The van der Waals surface area contributed by atoms with Gasteiger partial charge in [-0.15, -0.1) is 0 Å². The van der Waals surface area contributed by atoms with Gasteiger partial charge in [-0.05, 0) is 36.5 Å². The maximum atomic E-state index is 11.8. The summed E-state index contributed by atoms with van der Waals surface area (Å²) in [7, 11) is 0. The first-order valence-corrected chi connectivity index (χ1v) is 6.02. The van der Waals surface area contributed by atoms with Crippen LogP contribution in [-0.2, 0) is 11.2 Å². The summed E-state index contributed by atoms with van der Waals surface area (Å²) in [4.78, 5) is 22.9. The van der Waals surface area contributed by atoms with Crippen molar-refractivity contribution in [3.63, 3.8) is 0 Å².